The number of carbonyl (C=O) groups is 1. The molecule has 6 nitrogen and oxygen atoms in total. The minimum absolute atomic E-state index is 0.0953. The van der Waals surface area contributed by atoms with Gasteiger partial charge in [0.05, 0.1) is 5.71 Å². The summed E-state index contributed by atoms with van der Waals surface area (Å²) in [5.41, 5.74) is 8.44. The van der Waals surface area contributed by atoms with E-state index in [1.54, 1.807) is 0 Å². The van der Waals surface area contributed by atoms with E-state index in [1.807, 2.05) is 62.5 Å². The molecule has 4 aromatic rings. The number of nitrogens with one attached hydrogen (secondary N) is 4. The first kappa shape index (κ1) is 24.9. The van der Waals surface area contributed by atoms with Crippen LogP contribution in [0.15, 0.2) is 102 Å². The molecule has 0 bridgehead atoms. The summed E-state index contributed by atoms with van der Waals surface area (Å²) in [6.07, 6.45) is 8.59. The highest BCUT2D eigenvalue weighted by molar-refractivity contribution is 6.18. The predicted octanol–water partition coefficient (Wildman–Crippen LogP) is 6.59. The molecule has 196 valence electrons. The number of aryl methyl sites for hydroxylation is 2. The van der Waals surface area contributed by atoms with Gasteiger partial charge in [0.25, 0.3) is 5.91 Å². The fraction of sp³-hybridized carbons (Fsp3) is 0.212. The van der Waals surface area contributed by atoms with Crippen molar-refractivity contribution in [3.8, 4) is 0 Å². The number of hydrogen-bond donors (Lipinski definition) is 4. The molecule has 0 saturated carbocycles. The molecule has 1 amide bonds. The van der Waals surface area contributed by atoms with Gasteiger partial charge in [-0.1, -0.05) is 60.7 Å². The maximum Gasteiger partial charge on any atom is 0.255 e. The van der Waals surface area contributed by atoms with E-state index in [4.69, 9.17) is 4.99 Å². The first-order valence-corrected chi connectivity index (χ1v) is 13.3. The summed E-state index contributed by atoms with van der Waals surface area (Å²) in [4.78, 5) is 21.6. The van der Waals surface area contributed by atoms with Crippen LogP contribution in [-0.2, 0) is 4.79 Å². The molecule has 2 aliphatic rings. The summed E-state index contributed by atoms with van der Waals surface area (Å²) in [5.74, 6) is -0.857. The van der Waals surface area contributed by atoms with Gasteiger partial charge in [-0.05, 0) is 69.5 Å². The van der Waals surface area contributed by atoms with E-state index in [1.165, 1.54) is 0 Å². The Morgan fingerprint density at radius 2 is 1.77 bits per heavy atom. The largest absolute Gasteiger partial charge is 0.361 e. The number of nitrogens with zero attached hydrogens (tertiary/aromatic N) is 1. The minimum Gasteiger partial charge on any atom is -0.361 e. The van der Waals surface area contributed by atoms with Gasteiger partial charge in [0.15, 0.2) is 5.79 Å². The number of para-hydroxylation sites is 2. The Kier molecular flexibility index (Phi) is 6.00. The molecule has 3 aromatic carbocycles. The first-order valence-electron chi connectivity index (χ1n) is 13.3. The molecule has 2 heterocycles. The highest BCUT2D eigenvalue weighted by atomic mass is 16.1. The van der Waals surface area contributed by atoms with Gasteiger partial charge < -0.3 is 15.6 Å². The number of H-pyrrole nitrogens is 1. The van der Waals surface area contributed by atoms with E-state index in [9.17, 15) is 4.79 Å². The van der Waals surface area contributed by atoms with Crippen molar-refractivity contribution in [1.82, 2.24) is 10.3 Å². The van der Waals surface area contributed by atoms with Gasteiger partial charge in [-0.15, -0.1) is 0 Å². The number of benzene rings is 3. The highest BCUT2D eigenvalue weighted by Gasteiger charge is 2.37. The van der Waals surface area contributed by atoms with Gasteiger partial charge in [0.2, 0.25) is 0 Å². The number of fused-ring (bicyclic) bond motifs is 2. The topological polar surface area (TPSA) is 81.3 Å². The van der Waals surface area contributed by atoms with E-state index in [0.717, 1.165) is 50.2 Å². The van der Waals surface area contributed by atoms with Crippen LogP contribution in [0.5, 0.6) is 0 Å². The monoisotopic (exact) mass is 515 g/mol. The van der Waals surface area contributed by atoms with Crippen molar-refractivity contribution < 1.29 is 4.79 Å². The van der Waals surface area contributed by atoms with E-state index in [-0.39, 0.29) is 5.91 Å². The Morgan fingerprint density at radius 1 is 0.974 bits per heavy atom. The van der Waals surface area contributed by atoms with Crippen molar-refractivity contribution in [1.29, 1.82) is 0 Å². The maximum atomic E-state index is 13.1. The molecule has 2 atom stereocenters. The number of carbonyl (C=O) groups excluding carboxylic acids is 1. The Morgan fingerprint density at radius 3 is 2.54 bits per heavy atom. The zero-order valence-corrected chi connectivity index (χ0v) is 22.7. The third kappa shape index (κ3) is 4.79. The molecular formula is C33H33N5O. The zero-order chi connectivity index (χ0) is 27.2. The lowest BCUT2D eigenvalue weighted by atomic mass is 9.89. The average Bonchev–Trinajstić information content (AvgIpc) is 3.38. The third-order valence-electron chi connectivity index (χ3n) is 7.61. The van der Waals surface area contributed by atoms with Crippen LogP contribution in [0.1, 0.15) is 42.5 Å². The highest BCUT2D eigenvalue weighted by Crippen LogP contribution is 2.33. The van der Waals surface area contributed by atoms with Gasteiger partial charge in [-0.2, -0.15) is 0 Å². The van der Waals surface area contributed by atoms with E-state index < -0.39 is 11.3 Å². The van der Waals surface area contributed by atoms with Crippen molar-refractivity contribution in [2.75, 3.05) is 10.6 Å². The quantitative estimate of drug-likeness (QED) is 0.242. The van der Waals surface area contributed by atoms with E-state index >= 15 is 0 Å². The van der Waals surface area contributed by atoms with E-state index in [2.05, 4.69) is 77.3 Å². The minimum atomic E-state index is -0.762. The molecule has 0 radical (unpaired) electrons. The SMILES string of the molecule is Cc1cccc(C)c1NC(=O)C1=CCC(C)(NC2(C)N=C(c3ccc4[nH]ccc4c3)c3ccccc3N2)C=C1. The molecule has 1 aliphatic heterocycles. The molecule has 39 heavy (non-hydrogen) atoms. The summed E-state index contributed by atoms with van der Waals surface area (Å²) < 4.78 is 0. The smallest absolute Gasteiger partial charge is 0.255 e. The molecule has 6 heteroatoms. The molecule has 4 N–H and O–H groups in total. The van der Waals surface area contributed by atoms with Gasteiger partial charge in [-0.25, -0.2) is 4.99 Å². The van der Waals surface area contributed by atoms with Gasteiger partial charge >= 0.3 is 0 Å². The van der Waals surface area contributed by atoms with Crippen molar-refractivity contribution >= 4 is 33.9 Å². The lowest BCUT2D eigenvalue weighted by Gasteiger charge is -2.42. The number of aromatic amines is 1. The number of aromatic nitrogens is 1. The number of rotatable bonds is 5. The fourth-order valence-corrected chi connectivity index (χ4v) is 5.60. The maximum absolute atomic E-state index is 13.1. The van der Waals surface area contributed by atoms with Crippen LogP contribution in [0.4, 0.5) is 11.4 Å². The Balaban J connectivity index is 1.25. The van der Waals surface area contributed by atoms with Crippen LogP contribution in [0.3, 0.4) is 0 Å². The van der Waals surface area contributed by atoms with E-state index in [0.29, 0.717) is 12.0 Å². The lowest BCUT2D eigenvalue weighted by molar-refractivity contribution is -0.112. The van der Waals surface area contributed by atoms with Crippen molar-refractivity contribution in [2.45, 2.75) is 45.4 Å². The number of hydrogen-bond acceptors (Lipinski definition) is 4. The van der Waals surface area contributed by atoms with Crippen molar-refractivity contribution in [3.63, 3.8) is 0 Å². The van der Waals surface area contributed by atoms with Gasteiger partial charge in [0, 0.05) is 50.7 Å². The molecule has 2 unspecified atom stereocenters. The standard InChI is InChI=1S/C33H33N5O/c1-21-8-7-9-22(2)29(21)35-31(39)23-14-17-32(3,18-15-23)38-33(4)36-28-11-6-5-10-26(28)30(37-33)25-12-13-27-24(20-25)16-19-34-27/h5-17,19-20,34,36,38H,18H2,1-4H3,(H,35,39). The second kappa shape index (κ2) is 9.40. The molecular weight excluding hydrogens is 482 g/mol. The molecule has 6 rings (SSSR count). The normalized spacial score (nSPS) is 22.1. The Hall–Kier alpha value is -4.42. The summed E-state index contributed by atoms with van der Waals surface area (Å²) >= 11 is 0. The predicted molar refractivity (Wildman–Crippen MR) is 160 cm³/mol. The van der Waals surface area contributed by atoms with Crippen LogP contribution >= 0.6 is 0 Å². The summed E-state index contributed by atoms with van der Waals surface area (Å²) in [7, 11) is 0. The third-order valence-corrected chi connectivity index (χ3v) is 7.61. The molecule has 0 fully saturated rings. The Labute approximate surface area is 228 Å². The summed E-state index contributed by atoms with van der Waals surface area (Å²) in [6.45, 7) is 8.21. The average molecular weight is 516 g/mol. The second-order valence-corrected chi connectivity index (χ2v) is 10.9. The molecule has 1 aromatic heterocycles. The summed E-state index contributed by atoms with van der Waals surface area (Å²) in [6, 6.07) is 22.8. The van der Waals surface area contributed by atoms with Crippen LogP contribution in [0.2, 0.25) is 0 Å². The lowest BCUT2D eigenvalue weighted by Crippen LogP contribution is -2.59. The second-order valence-electron chi connectivity index (χ2n) is 10.9. The van der Waals surface area contributed by atoms with Crippen LogP contribution in [0.25, 0.3) is 10.9 Å². The van der Waals surface area contributed by atoms with Crippen molar-refractivity contribution in [2.24, 2.45) is 4.99 Å². The molecule has 1 aliphatic carbocycles. The summed E-state index contributed by atoms with van der Waals surface area (Å²) in [5, 5.41) is 11.6. The van der Waals surface area contributed by atoms with Crippen molar-refractivity contribution in [3.05, 3.63) is 119 Å². The molecule has 0 saturated heterocycles. The van der Waals surface area contributed by atoms with Crippen LogP contribution < -0.4 is 16.0 Å². The van der Waals surface area contributed by atoms with Gasteiger partial charge in [-0.3, -0.25) is 10.1 Å². The fourth-order valence-electron chi connectivity index (χ4n) is 5.60. The zero-order valence-electron chi connectivity index (χ0n) is 22.7. The Bertz CT molecular complexity index is 1670. The molecule has 0 spiro atoms. The van der Waals surface area contributed by atoms with Gasteiger partial charge in [0.1, 0.15) is 0 Å². The van der Waals surface area contributed by atoms with Crippen LogP contribution in [0, 0.1) is 13.8 Å². The number of anilines is 2. The van der Waals surface area contributed by atoms with Crippen LogP contribution in [-0.4, -0.2) is 27.9 Å². The number of amides is 1. The first-order chi connectivity index (χ1) is 18.7. The number of aliphatic imine (C=N–C) groups is 1.